The van der Waals surface area contributed by atoms with Crippen LogP contribution in [0, 0.1) is 0 Å². The lowest BCUT2D eigenvalue weighted by molar-refractivity contribution is -0.145. The molecule has 142 valence electrons. The first kappa shape index (κ1) is 19.9. The molecule has 3 N–H and O–H groups in total. The highest BCUT2D eigenvalue weighted by Gasteiger charge is 2.25. The van der Waals surface area contributed by atoms with Crippen molar-refractivity contribution < 1.29 is 19.1 Å². The van der Waals surface area contributed by atoms with Gasteiger partial charge in [0.1, 0.15) is 6.61 Å². The number of nitrogens with two attached hydrogens (primary N) is 1. The van der Waals surface area contributed by atoms with Crippen molar-refractivity contribution in [3.8, 4) is 0 Å². The van der Waals surface area contributed by atoms with Crippen LogP contribution in [0.2, 0.25) is 0 Å². The van der Waals surface area contributed by atoms with Crippen molar-refractivity contribution in [1.82, 2.24) is 10.2 Å². The summed E-state index contributed by atoms with van der Waals surface area (Å²) in [6.45, 7) is 2.04. The van der Waals surface area contributed by atoms with E-state index in [0.29, 0.717) is 13.0 Å². The molecular formula is C19H27N3O4. The van der Waals surface area contributed by atoms with Gasteiger partial charge in [0.05, 0.1) is 12.5 Å². The van der Waals surface area contributed by atoms with Gasteiger partial charge in [-0.05, 0) is 24.8 Å². The van der Waals surface area contributed by atoms with Crippen LogP contribution in [0.5, 0.6) is 0 Å². The summed E-state index contributed by atoms with van der Waals surface area (Å²) in [6, 6.07) is 8.65. The first-order chi connectivity index (χ1) is 12.6. The molecule has 1 aromatic carbocycles. The molecular weight excluding hydrogens is 334 g/mol. The van der Waals surface area contributed by atoms with Gasteiger partial charge >= 0.3 is 5.97 Å². The van der Waals surface area contributed by atoms with Gasteiger partial charge in [-0.3, -0.25) is 14.4 Å². The molecule has 1 aromatic rings. The van der Waals surface area contributed by atoms with Gasteiger partial charge in [0.15, 0.2) is 0 Å². The van der Waals surface area contributed by atoms with Crippen molar-refractivity contribution in [3.63, 3.8) is 0 Å². The number of nitrogens with one attached hydrogen (secondary N) is 1. The second kappa shape index (κ2) is 10.6. The maximum Gasteiger partial charge on any atom is 0.306 e. The van der Waals surface area contributed by atoms with Crippen LogP contribution in [0.25, 0.3) is 0 Å². The number of rotatable bonds is 9. The summed E-state index contributed by atoms with van der Waals surface area (Å²) < 4.78 is 5.17. The number of esters is 1. The molecule has 1 fully saturated rings. The van der Waals surface area contributed by atoms with Gasteiger partial charge in [0.25, 0.3) is 0 Å². The van der Waals surface area contributed by atoms with E-state index in [1.165, 1.54) is 0 Å². The summed E-state index contributed by atoms with van der Waals surface area (Å²) >= 11 is 0. The zero-order chi connectivity index (χ0) is 18.8. The third-order valence-electron chi connectivity index (χ3n) is 4.26. The number of carbonyl (C=O) groups excluding carboxylic acids is 3. The Balaban J connectivity index is 1.55. The van der Waals surface area contributed by atoms with Crippen LogP contribution in [0.15, 0.2) is 30.3 Å². The Morgan fingerprint density at radius 2 is 1.85 bits per heavy atom. The molecule has 0 spiro atoms. The minimum absolute atomic E-state index is 0.0339. The summed E-state index contributed by atoms with van der Waals surface area (Å²) in [7, 11) is 0. The zero-order valence-electron chi connectivity index (χ0n) is 15.0. The van der Waals surface area contributed by atoms with E-state index in [1.807, 2.05) is 30.3 Å². The largest absolute Gasteiger partial charge is 0.461 e. The number of benzene rings is 1. The lowest BCUT2D eigenvalue weighted by Crippen LogP contribution is -2.45. The van der Waals surface area contributed by atoms with Gasteiger partial charge in [-0.2, -0.15) is 0 Å². The first-order valence-corrected chi connectivity index (χ1v) is 9.07. The normalized spacial score (nSPS) is 14.7. The van der Waals surface area contributed by atoms with Crippen LogP contribution in [-0.2, 0) is 25.7 Å². The lowest BCUT2D eigenvalue weighted by Gasteiger charge is -2.19. The second-order valence-electron chi connectivity index (χ2n) is 6.44. The van der Waals surface area contributed by atoms with Gasteiger partial charge in [-0.25, -0.2) is 0 Å². The summed E-state index contributed by atoms with van der Waals surface area (Å²) in [5.74, 6) is -0.742. The maximum atomic E-state index is 12.0. The van der Waals surface area contributed by atoms with Crippen molar-refractivity contribution in [1.29, 1.82) is 0 Å². The second-order valence-corrected chi connectivity index (χ2v) is 6.44. The topological polar surface area (TPSA) is 102 Å². The molecule has 2 amide bonds. The fraction of sp³-hybridized carbons (Fsp3) is 0.526. The smallest absolute Gasteiger partial charge is 0.306 e. The van der Waals surface area contributed by atoms with Crippen LogP contribution in [0.1, 0.15) is 37.7 Å². The SMILES string of the molecule is N[C@@H](CC(=O)NCCCC(=O)OCc1ccccc1)C(=O)N1CCCC1. The number of carbonyl (C=O) groups is 3. The van der Waals surface area contributed by atoms with Crippen LogP contribution < -0.4 is 11.1 Å². The van der Waals surface area contributed by atoms with Crippen LogP contribution in [0.3, 0.4) is 0 Å². The molecule has 2 rings (SSSR count). The average Bonchev–Trinajstić information content (AvgIpc) is 3.18. The van der Waals surface area contributed by atoms with E-state index in [9.17, 15) is 14.4 Å². The van der Waals surface area contributed by atoms with Crippen LogP contribution in [0.4, 0.5) is 0 Å². The third-order valence-corrected chi connectivity index (χ3v) is 4.26. The first-order valence-electron chi connectivity index (χ1n) is 9.07. The number of amides is 2. The fourth-order valence-electron chi connectivity index (χ4n) is 2.80. The van der Waals surface area contributed by atoms with Crippen molar-refractivity contribution in [2.45, 2.75) is 44.8 Å². The van der Waals surface area contributed by atoms with Gasteiger partial charge in [0, 0.05) is 26.1 Å². The van der Waals surface area contributed by atoms with Gasteiger partial charge < -0.3 is 20.7 Å². The van der Waals surface area contributed by atoms with Crippen LogP contribution in [-0.4, -0.2) is 48.4 Å². The van der Waals surface area contributed by atoms with Crippen molar-refractivity contribution in [2.24, 2.45) is 5.73 Å². The zero-order valence-corrected chi connectivity index (χ0v) is 15.0. The molecule has 1 aliphatic rings. The van der Waals surface area contributed by atoms with E-state index >= 15 is 0 Å². The molecule has 0 aliphatic carbocycles. The van der Waals surface area contributed by atoms with E-state index in [4.69, 9.17) is 10.5 Å². The van der Waals surface area contributed by atoms with Crippen molar-refractivity contribution in [3.05, 3.63) is 35.9 Å². The van der Waals surface area contributed by atoms with Crippen molar-refractivity contribution >= 4 is 17.8 Å². The minimum Gasteiger partial charge on any atom is -0.461 e. The molecule has 7 heteroatoms. The highest BCUT2D eigenvalue weighted by atomic mass is 16.5. The maximum absolute atomic E-state index is 12.0. The quantitative estimate of drug-likeness (QED) is 0.504. The Labute approximate surface area is 153 Å². The van der Waals surface area contributed by atoms with E-state index in [1.54, 1.807) is 4.90 Å². The molecule has 1 atom stereocenters. The van der Waals surface area contributed by atoms with Crippen LogP contribution >= 0.6 is 0 Å². The number of hydrogen-bond acceptors (Lipinski definition) is 5. The van der Waals surface area contributed by atoms with Gasteiger partial charge in [-0.15, -0.1) is 0 Å². The number of hydrogen-bond donors (Lipinski definition) is 2. The predicted molar refractivity (Wildman–Crippen MR) is 96.9 cm³/mol. The number of nitrogens with zero attached hydrogens (tertiary/aromatic N) is 1. The van der Waals surface area contributed by atoms with Crippen molar-refractivity contribution in [2.75, 3.05) is 19.6 Å². The summed E-state index contributed by atoms with van der Waals surface area (Å²) in [5, 5.41) is 2.69. The third kappa shape index (κ3) is 6.84. The van der Waals surface area contributed by atoms with E-state index in [2.05, 4.69) is 5.32 Å². The Kier molecular flexibility index (Phi) is 8.08. The van der Waals surface area contributed by atoms with Gasteiger partial charge in [0.2, 0.25) is 11.8 Å². The Morgan fingerprint density at radius 1 is 1.15 bits per heavy atom. The molecule has 1 saturated heterocycles. The van der Waals surface area contributed by atoms with E-state index in [0.717, 1.165) is 31.5 Å². The molecule has 0 bridgehead atoms. The monoisotopic (exact) mass is 361 g/mol. The molecule has 7 nitrogen and oxygen atoms in total. The average molecular weight is 361 g/mol. The molecule has 0 radical (unpaired) electrons. The highest BCUT2D eigenvalue weighted by molar-refractivity contribution is 5.88. The molecule has 1 aliphatic heterocycles. The Hall–Kier alpha value is -2.41. The van der Waals surface area contributed by atoms with E-state index in [-0.39, 0.29) is 37.2 Å². The molecule has 0 saturated carbocycles. The summed E-state index contributed by atoms with van der Waals surface area (Å²) in [4.78, 5) is 37.3. The number of likely N-dealkylation sites (tertiary alicyclic amines) is 1. The highest BCUT2D eigenvalue weighted by Crippen LogP contribution is 2.09. The predicted octanol–water partition coefficient (Wildman–Crippen LogP) is 0.966. The molecule has 26 heavy (non-hydrogen) atoms. The molecule has 0 aromatic heterocycles. The van der Waals surface area contributed by atoms with E-state index < -0.39 is 6.04 Å². The van der Waals surface area contributed by atoms with Gasteiger partial charge in [-0.1, -0.05) is 30.3 Å². The fourth-order valence-corrected chi connectivity index (χ4v) is 2.80. The standard InChI is InChI=1S/C19H27N3O4/c20-16(19(25)22-11-4-5-12-22)13-17(23)21-10-6-9-18(24)26-14-15-7-2-1-3-8-15/h1-3,7-8,16H,4-6,9-14,20H2,(H,21,23)/t16-/m0/s1. The summed E-state index contributed by atoms with van der Waals surface area (Å²) in [5.41, 5.74) is 6.76. The number of ether oxygens (including phenoxy) is 1. The minimum atomic E-state index is -0.802. The molecule has 0 unspecified atom stereocenters. The Morgan fingerprint density at radius 3 is 2.54 bits per heavy atom. The summed E-state index contributed by atoms with van der Waals surface area (Å²) in [6.07, 6.45) is 2.66. The molecule has 1 heterocycles. The lowest BCUT2D eigenvalue weighted by atomic mass is 10.2. The Bertz CT molecular complexity index is 600.